The number of hydrogen-bond donors (Lipinski definition) is 1. The Morgan fingerprint density at radius 1 is 1.15 bits per heavy atom. The predicted octanol–water partition coefficient (Wildman–Crippen LogP) is 2.12. The number of sulfonamides is 1. The van der Waals surface area contributed by atoms with Gasteiger partial charge in [-0.25, -0.2) is 32.3 Å². The molecule has 27 heavy (non-hydrogen) atoms. The quantitative estimate of drug-likeness (QED) is 0.774. The first-order chi connectivity index (χ1) is 12.7. The van der Waals surface area contributed by atoms with Crippen LogP contribution >= 0.6 is 0 Å². The molecule has 1 aromatic carbocycles. The fourth-order valence-corrected chi connectivity index (χ4v) is 3.52. The Morgan fingerprint density at radius 2 is 1.74 bits per heavy atom. The Morgan fingerprint density at radius 3 is 2.33 bits per heavy atom. The molecule has 2 amide bonds. The second kappa shape index (κ2) is 8.12. The number of carbonyl (C=O) groups is 2. The van der Waals surface area contributed by atoms with Crippen molar-refractivity contribution in [2.75, 3.05) is 19.0 Å². The van der Waals surface area contributed by atoms with Gasteiger partial charge in [0.15, 0.2) is 0 Å². The van der Waals surface area contributed by atoms with Crippen LogP contribution in [0.5, 0.6) is 0 Å². The van der Waals surface area contributed by atoms with Crippen LogP contribution in [0.3, 0.4) is 0 Å². The van der Waals surface area contributed by atoms with E-state index < -0.39 is 22.0 Å². The lowest BCUT2D eigenvalue weighted by molar-refractivity contribution is 0.0521. The summed E-state index contributed by atoms with van der Waals surface area (Å²) in [5.41, 5.74) is 1.09. The Hall–Kier alpha value is -3.01. The van der Waals surface area contributed by atoms with Crippen molar-refractivity contribution in [2.24, 2.45) is 0 Å². The van der Waals surface area contributed by atoms with Crippen molar-refractivity contribution >= 4 is 28.0 Å². The van der Waals surface area contributed by atoms with E-state index >= 15 is 0 Å². The van der Waals surface area contributed by atoms with Crippen LogP contribution in [0, 0.1) is 13.8 Å². The molecular formula is C17H20N4O5S. The molecule has 0 saturated heterocycles. The second-order valence-corrected chi connectivity index (χ2v) is 7.53. The molecule has 2 rings (SSSR count). The number of nitrogens with zero attached hydrogens (tertiary/aromatic N) is 3. The Balaban J connectivity index is 2.33. The first-order valence-electron chi connectivity index (χ1n) is 8.05. The van der Waals surface area contributed by atoms with Gasteiger partial charge in [0.2, 0.25) is 5.95 Å². The summed E-state index contributed by atoms with van der Waals surface area (Å²) in [6.07, 6.45) is 0. The van der Waals surface area contributed by atoms with Crippen molar-refractivity contribution in [3.05, 3.63) is 47.3 Å². The van der Waals surface area contributed by atoms with Gasteiger partial charge in [-0.05, 0) is 39.0 Å². The fraction of sp³-hybridized carbons (Fsp3) is 0.294. The molecular weight excluding hydrogens is 372 g/mol. The molecule has 0 aliphatic heterocycles. The van der Waals surface area contributed by atoms with Crippen LogP contribution < -0.4 is 5.32 Å². The molecule has 0 saturated carbocycles. The molecule has 2 aromatic rings. The number of aryl methyl sites for hydroxylation is 2. The highest BCUT2D eigenvalue weighted by Gasteiger charge is 2.30. The van der Waals surface area contributed by atoms with E-state index in [0.29, 0.717) is 15.7 Å². The second-order valence-electron chi connectivity index (χ2n) is 5.59. The third-order valence-electron chi connectivity index (χ3n) is 3.51. The summed E-state index contributed by atoms with van der Waals surface area (Å²) in [7, 11) is -3.23. The Labute approximate surface area is 157 Å². The van der Waals surface area contributed by atoms with Gasteiger partial charge in [0.05, 0.1) is 12.2 Å². The maximum Gasteiger partial charge on any atom is 0.339 e. The van der Waals surface area contributed by atoms with E-state index in [0.717, 1.165) is 7.05 Å². The minimum absolute atomic E-state index is 0.0155. The molecule has 1 N–H and O–H groups in total. The van der Waals surface area contributed by atoms with Gasteiger partial charge in [-0.15, -0.1) is 0 Å². The predicted molar refractivity (Wildman–Crippen MR) is 97.9 cm³/mol. The summed E-state index contributed by atoms with van der Waals surface area (Å²) in [6, 6.07) is 6.27. The molecule has 1 heterocycles. The van der Waals surface area contributed by atoms with Crippen LogP contribution in [0.15, 0.2) is 35.2 Å². The molecule has 0 aliphatic rings. The third-order valence-corrected chi connectivity index (χ3v) is 5.31. The molecule has 10 heteroatoms. The molecule has 0 fully saturated rings. The molecule has 0 aliphatic carbocycles. The van der Waals surface area contributed by atoms with Gasteiger partial charge in [0.25, 0.3) is 10.0 Å². The highest BCUT2D eigenvalue weighted by atomic mass is 32.2. The van der Waals surface area contributed by atoms with Crippen LogP contribution in [-0.4, -0.2) is 48.3 Å². The van der Waals surface area contributed by atoms with E-state index in [1.165, 1.54) is 24.3 Å². The van der Waals surface area contributed by atoms with Crippen molar-refractivity contribution in [1.29, 1.82) is 0 Å². The van der Waals surface area contributed by atoms with Crippen LogP contribution in [-0.2, 0) is 14.8 Å². The summed E-state index contributed by atoms with van der Waals surface area (Å²) < 4.78 is 31.1. The van der Waals surface area contributed by atoms with E-state index in [1.807, 2.05) is 0 Å². The summed E-state index contributed by atoms with van der Waals surface area (Å²) >= 11 is 0. The summed E-state index contributed by atoms with van der Waals surface area (Å²) in [5, 5.41) is 2.34. The van der Waals surface area contributed by atoms with E-state index in [-0.39, 0.29) is 23.0 Å². The van der Waals surface area contributed by atoms with Crippen LogP contribution in [0.25, 0.3) is 0 Å². The lowest BCUT2D eigenvalue weighted by Crippen LogP contribution is -2.37. The van der Waals surface area contributed by atoms with Crippen LogP contribution in [0.2, 0.25) is 0 Å². The number of amides is 2. The topological polar surface area (TPSA) is 119 Å². The number of ether oxygens (including phenoxy) is 1. The number of hydrogen-bond acceptors (Lipinski definition) is 7. The monoisotopic (exact) mass is 392 g/mol. The number of rotatable bonds is 5. The Bertz CT molecular complexity index is 955. The largest absolute Gasteiger partial charge is 0.462 e. The summed E-state index contributed by atoms with van der Waals surface area (Å²) in [4.78, 5) is 32.2. The number of esters is 1. The van der Waals surface area contributed by atoms with E-state index in [1.54, 1.807) is 26.8 Å². The zero-order valence-electron chi connectivity index (χ0n) is 15.4. The zero-order valence-corrected chi connectivity index (χ0v) is 16.2. The first kappa shape index (κ1) is 20.3. The first-order valence-corrected chi connectivity index (χ1v) is 9.49. The number of anilines is 1. The van der Waals surface area contributed by atoms with Gasteiger partial charge in [0.1, 0.15) is 4.90 Å². The summed E-state index contributed by atoms with van der Waals surface area (Å²) in [5.74, 6) is -0.804. The minimum atomic E-state index is -4.31. The highest BCUT2D eigenvalue weighted by molar-refractivity contribution is 7.89. The number of carbonyl (C=O) groups excluding carboxylic acids is 2. The summed E-state index contributed by atoms with van der Waals surface area (Å²) in [6.45, 7) is 5.15. The smallest absolute Gasteiger partial charge is 0.339 e. The van der Waals surface area contributed by atoms with Crippen LogP contribution in [0.4, 0.5) is 10.7 Å². The van der Waals surface area contributed by atoms with Crippen LogP contribution in [0.1, 0.15) is 28.7 Å². The molecule has 144 valence electrons. The van der Waals surface area contributed by atoms with Crippen molar-refractivity contribution in [3.63, 3.8) is 0 Å². The molecule has 0 spiro atoms. The average Bonchev–Trinajstić information content (AvgIpc) is 2.60. The van der Waals surface area contributed by atoms with Gasteiger partial charge >= 0.3 is 12.0 Å². The van der Waals surface area contributed by atoms with E-state index in [2.05, 4.69) is 15.3 Å². The van der Waals surface area contributed by atoms with Gasteiger partial charge in [-0.2, -0.15) is 0 Å². The van der Waals surface area contributed by atoms with E-state index in [9.17, 15) is 18.0 Å². The fourth-order valence-electron chi connectivity index (χ4n) is 2.28. The Kier molecular flexibility index (Phi) is 6.11. The van der Waals surface area contributed by atoms with Crippen molar-refractivity contribution in [3.8, 4) is 0 Å². The van der Waals surface area contributed by atoms with Crippen molar-refractivity contribution in [2.45, 2.75) is 25.7 Å². The minimum Gasteiger partial charge on any atom is -0.462 e. The van der Waals surface area contributed by atoms with Crippen molar-refractivity contribution in [1.82, 2.24) is 14.3 Å². The highest BCUT2D eigenvalue weighted by Crippen LogP contribution is 2.21. The molecule has 0 bridgehead atoms. The SMILES string of the molecule is CCOC(=O)c1ccccc1S(=O)(=O)N(C)C(=O)Nc1nc(C)cc(C)n1. The maximum absolute atomic E-state index is 12.8. The molecule has 0 unspecified atom stereocenters. The number of urea groups is 1. The lowest BCUT2D eigenvalue weighted by Gasteiger charge is -2.19. The molecule has 0 atom stereocenters. The maximum atomic E-state index is 12.8. The molecule has 0 radical (unpaired) electrons. The van der Waals surface area contributed by atoms with Gasteiger partial charge in [-0.1, -0.05) is 12.1 Å². The average molecular weight is 392 g/mol. The van der Waals surface area contributed by atoms with E-state index in [4.69, 9.17) is 4.74 Å². The van der Waals surface area contributed by atoms with Crippen molar-refractivity contribution < 1.29 is 22.7 Å². The van der Waals surface area contributed by atoms with Gasteiger partial charge in [0, 0.05) is 18.4 Å². The van der Waals surface area contributed by atoms with Gasteiger partial charge in [-0.3, -0.25) is 5.32 Å². The molecule has 1 aromatic heterocycles. The standard InChI is InChI=1S/C17H20N4O5S/c1-5-26-15(22)13-8-6-7-9-14(13)27(24,25)21(4)17(23)20-16-18-11(2)10-12(3)19-16/h6-10H,5H2,1-4H3,(H,18,19,20,23). The zero-order chi connectivity index (χ0) is 20.2. The molecule has 9 nitrogen and oxygen atoms in total. The number of aromatic nitrogens is 2. The third kappa shape index (κ3) is 4.59. The normalized spacial score (nSPS) is 11.0. The van der Waals surface area contributed by atoms with Gasteiger partial charge < -0.3 is 4.74 Å². The number of benzene rings is 1. The lowest BCUT2D eigenvalue weighted by atomic mass is 10.2. The number of nitrogens with one attached hydrogen (secondary N) is 1.